The third kappa shape index (κ3) is 5.48. The molecule has 3 heteroatoms. The molecule has 9 aromatic carbocycles. The molecular weight excluding hydrogens is 739 g/mol. The normalized spacial score (nSPS) is 12.7. The van der Waals surface area contributed by atoms with Crippen LogP contribution in [-0.4, -0.2) is 15.0 Å². The van der Waals surface area contributed by atoms with E-state index in [0.717, 1.165) is 60.8 Å². The van der Waals surface area contributed by atoms with Crippen LogP contribution < -0.4 is 0 Å². The smallest absolute Gasteiger partial charge is 0.160 e. The van der Waals surface area contributed by atoms with E-state index in [1.807, 2.05) is 12.1 Å². The van der Waals surface area contributed by atoms with Crippen molar-refractivity contribution in [1.82, 2.24) is 15.0 Å². The summed E-state index contributed by atoms with van der Waals surface area (Å²) in [6.45, 7) is 0. The third-order valence-electron chi connectivity index (χ3n) is 12.5. The maximum atomic E-state index is 5.47. The Balaban J connectivity index is 1.07. The molecule has 2 aromatic heterocycles. The highest BCUT2D eigenvalue weighted by molar-refractivity contribution is 6.19. The van der Waals surface area contributed by atoms with Crippen LogP contribution in [0.25, 0.3) is 88.7 Å². The second-order valence-corrected chi connectivity index (χ2v) is 15.9. The van der Waals surface area contributed by atoms with Crippen molar-refractivity contribution in [3.8, 4) is 56.2 Å². The number of rotatable bonds is 6. The summed E-state index contributed by atoms with van der Waals surface area (Å²) >= 11 is 0. The number of hydrogen-bond acceptors (Lipinski definition) is 3. The van der Waals surface area contributed by atoms with E-state index in [0.29, 0.717) is 5.82 Å². The van der Waals surface area contributed by atoms with Gasteiger partial charge in [0.25, 0.3) is 0 Å². The molecule has 0 saturated heterocycles. The Kier molecular flexibility index (Phi) is 8.07. The van der Waals surface area contributed by atoms with Crippen LogP contribution in [0.15, 0.2) is 224 Å². The first kappa shape index (κ1) is 35.0. The van der Waals surface area contributed by atoms with Gasteiger partial charge >= 0.3 is 0 Å². The first-order valence-electron chi connectivity index (χ1n) is 20.9. The van der Waals surface area contributed by atoms with Crippen molar-refractivity contribution in [3.63, 3.8) is 0 Å². The summed E-state index contributed by atoms with van der Waals surface area (Å²) in [6, 6.07) is 80.4. The van der Waals surface area contributed by atoms with Gasteiger partial charge in [-0.1, -0.05) is 206 Å². The fraction of sp³-hybridized carbons (Fsp3) is 0.0172. The maximum absolute atomic E-state index is 5.47. The molecule has 0 fully saturated rings. The molecule has 0 bridgehead atoms. The van der Waals surface area contributed by atoms with Gasteiger partial charge in [0.15, 0.2) is 5.82 Å². The lowest BCUT2D eigenvalue weighted by molar-refractivity contribution is 0.769. The van der Waals surface area contributed by atoms with Crippen molar-refractivity contribution >= 4 is 32.6 Å². The fourth-order valence-electron chi connectivity index (χ4n) is 9.88. The van der Waals surface area contributed by atoms with Gasteiger partial charge < -0.3 is 0 Å². The highest BCUT2D eigenvalue weighted by Crippen LogP contribution is 2.58. The number of benzene rings is 9. The quantitative estimate of drug-likeness (QED) is 0.158. The first-order valence-corrected chi connectivity index (χ1v) is 20.9. The molecule has 0 amide bonds. The molecule has 0 radical (unpaired) electrons. The van der Waals surface area contributed by atoms with Crippen molar-refractivity contribution in [1.29, 1.82) is 0 Å². The van der Waals surface area contributed by atoms with Crippen LogP contribution in [0.4, 0.5) is 0 Å². The Bertz CT molecular complexity index is 3410. The Labute approximate surface area is 354 Å². The summed E-state index contributed by atoms with van der Waals surface area (Å²) in [6.07, 6.45) is 0. The zero-order chi connectivity index (χ0) is 40.3. The van der Waals surface area contributed by atoms with Gasteiger partial charge in [0.05, 0.1) is 27.8 Å². The molecule has 0 N–H and O–H groups in total. The van der Waals surface area contributed by atoms with Gasteiger partial charge in [0.1, 0.15) is 0 Å². The molecule has 0 spiro atoms. The lowest BCUT2D eigenvalue weighted by atomic mass is 9.67. The number of aromatic nitrogens is 3. The van der Waals surface area contributed by atoms with Gasteiger partial charge in [0, 0.05) is 38.2 Å². The minimum absolute atomic E-state index is 0.499. The van der Waals surface area contributed by atoms with E-state index in [1.165, 1.54) is 44.3 Å². The molecule has 1 aliphatic carbocycles. The molecule has 11 aromatic rings. The van der Waals surface area contributed by atoms with Crippen molar-refractivity contribution < 1.29 is 0 Å². The predicted molar refractivity (Wildman–Crippen MR) is 251 cm³/mol. The monoisotopic (exact) mass is 775 g/mol. The standard InChI is InChI=1S/C58H37N3/c1-4-17-38(18-5-1)39-31-33-40(34-32-39)57-60-52-30-15-12-27-47(52)55(61-57)41-19-16-20-42(37-41)56-48-35-36-50-54(53(48)46-26-11-14-29-51(46)59-56)45-25-10-13-28-49(45)58(50,43-21-6-2-7-22-43)44-23-8-3-9-24-44/h1-37H. The first-order chi connectivity index (χ1) is 30.3. The molecule has 12 rings (SSSR count). The molecule has 0 atom stereocenters. The molecule has 0 saturated carbocycles. The van der Waals surface area contributed by atoms with E-state index in [2.05, 4.69) is 212 Å². The number of nitrogens with zero attached hydrogens (tertiary/aromatic N) is 3. The molecule has 3 nitrogen and oxygen atoms in total. The minimum atomic E-state index is -0.499. The van der Waals surface area contributed by atoms with Gasteiger partial charge in [-0.2, -0.15) is 0 Å². The molecule has 284 valence electrons. The molecule has 2 heterocycles. The summed E-state index contributed by atoms with van der Waals surface area (Å²) in [4.78, 5) is 15.8. The Morgan fingerprint density at radius 3 is 1.54 bits per heavy atom. The molecule has 0 unspecified atom stereocenters. The van der Waals surface area contributed by atoms with Crippen LogP contribution in [0, 0.1) is 0 Å². The summed E-state index contributed by atoms with van der Waals surface area (Å²) in [5.74, 6) is 0.697. The van der Waals surface area contributed by atoms with Crippen molar-refractivity contribution in [2.24, 2.45) is 0 Å². The largest absolute Gasteiger partial charge is 0.247 e. The highest BCUT2D eigenvalue weighted by Gasteiger charge is 2.46. The topological polar surface area (TPSA) is 38.7 Å². The van der Waals surface area contributed by atoms with E-state index >= 15 is 0 Å². The van der Waals surface area contributed by atoms with E-state index in [1.54, 1.807) is 0 Å². The van der Waals surface area contributed by atoms with E-state index < -0.39 is 5.41 Å². The van der Waals surface area contributed by atoms with E-state index in [4.69, 9.17) is 15.0 Å². The zero-order valence-electron chi connectivity index (χ0n) is 33.2. The van der Waals surface area contributed by atoms with Crippen LogP contribution >= 0.6 is 0 Å². The van der Waals surface area contributed by atoms with Gasteiger partial charge in [-0.3, -0.25) is 0 Å². The van der Waals surface area contributed by atoms with Gasteiger partial charge in [0.2, 0.25) is 0 Å². The maximum Gasteiger partial charge on any atom is 0.160 e. The number of fused-ring (bicyclic) bond motifs is 8. The minimum Gasteiger partial charge on any atom is -0.247 e. The Hall–Kier alpha value is -8.01. The molecule has 1 aliphatic rings. The molecular formula is C58H37N3. The average molecular weight is 776 g/mol. The van der Waals surface area contributed by atoms with E-state index in [-0.39, 0.29) is 0 Å². The van der Waals surface area contributed by atoms with Gasteiger partial charge in [-0.05, 0) is 62.7 Å². The second kappa shape index (κ2) is 14.1. The SMILES string of the molecule is c1ccc(-c2ccc(-c3nc(-c4cccc(-c5nc6ccccc6c6c7c(ccc56)C(c5ccccc5)(c5ccccc5)c5ccccc5-7)c4)c4ccccc4n3)cc2)cc1. The lowest BCUT2D eigenvalue weighted by Gasteiger charge is -2.34. The number of hydrogen-bond donors (Lipinski definition) is 0. The van der Waals surface area contributed by atoms with Gasteiger partial charge in [-0.25, -0.2) is 15.0 Å². The van der Waals surface area contributed by atoms with Gasteiger partial charge in [-0.15, -0.1) is 0 Å². The Morgan fingerprint density at radius 2 is 0.836 bits per heavy atom. The molecule has 0 aliphatic heterocycles. The predicted octanol–water partition coefficient (Wildman–Crippen LogP) is 14.4. The summed E-state index contributed by atoms with van der Waals surface area (Å²) in [5, 5.41) is 4.49. The zero-order valence-corrected chi connectivity index (χ0v) is 33.2. The van der Waals surface area contributed by atoms with Crippen molar-refractivity contribution in [2.75, 3.05) is 0 Å². The van der Waals surface area contributed by atoms with Crippen LogP contribution in [0.2, 0.25) is 0 Å². The summed E-state index contributed by atoms with van der Waals surface area (Å²) < 4.78 is 0. The van der Waals surface area contributed by atoms with Crippen LogP contribution in [0.5, 0.6) is 0 Å². The summed E-state index contributed by atoms with van der Waals surface area (Å²) in [7, 11) is 0. The highest BCUT2D eigenvalue weighted by atomic mass is 14.9. The third-order valence-corrected chi connectivity index (χ3v) is 12.5. The van der Waals surface area contributed by atoms with Crippen molar-refractivity contribution in [3.05, 3.63) is 247 Å². The lowest BCUT2D eigenvalue weighted by Crippen LogP contribution is -2.28. The van der Waals surface area contributed by atoms with Crippen LogP contribution in [0.3, 0.4) is 0 Å². The number of pyridine rings is 1. The second-order valence-electron chi connectivity index (χ2n) is 15.9. The van der Waals surface area contributed by atoms with Crippen LogP contribution in [-0.2, 0) is 5.41 Å². The van der Waals surface area contributed by atoms with E-state index in [9.17, 15) is 0 Å². The molecule has 61 heavy (non-hydrogen) atoms. The number of para-hydroxylation sites is 2. The average Bonchev–Trinajstić information content (AvgIpc) is 3.65. The fourth-order valence-corrected chi connectivity index (χ4v) is 9.88. The summed E-state index contributed by atoms with van der Waals surface area (Å²) in [5.41, 5.74) is 16.2. The van der Waals surface area contributed by atoms with Crippen molar-refractivity contribution in [2.45, 2.75) is 5.41 Å². The van der Waals surface area contributed by atoms with Crippen LogP contribution in [0.1, 0.15) is 22.3 Å². The Morgan fingerprint density at radius 1 is 0.311 bits per heavy atom.